The SMILES string of the molecule is COc1cc(/C=N/NC(=O)CCC2NNC(=O)NC2=O)ccc1OCc1ccc(Cl)cc1. The maximum Gasteiger partial charge on any atom is 0.335 e. The summed E-state index contributed by atoms with van der Waals surface area (Å²) in [7, 11) is 1.53. The van der Waals surface area contributed by atoms with Crippen molar-refractivity contribution in [1.29, 1.82) is 0 Å². The first kappa shape index (κ1) is 23.0. The summed E-state index contributed by atoms with van der Waals surface area (Å²) in [6.07, 6.45) is 1.70. The van der Waals surface area contributed by atoms with Gasteiger partial charge in [-0.25, -0.2) is 15.6 Å². The van der Waals surface area contributed by atoms with Gasteiger partial charge in [-0.1, -0.05) is 23.7 Å². The Hall–Kier alpha value is -3.63. The average Bonchev–Trinajstić information content (AvgIpc) is 2.78. The van der Waals surface area contributed by atoms with E-state index in [4.69, 9.17) is 21.1 Å². The molecular weight excluding hydrogens is 438 g/mol. The molecule has 0 aromatic heterocycles. The summed E-state index contributed by atoms with van der Waals surface area (Å²) in [5.74, 6) is 0.220. The highest BCUT2D eigenvalue weighted by Crippen LogP contribution is 2.28. The van der Waals surface area contributed by atoms with E-state index in [1.165, 1.54) is 13.3 Å². The van der Waals surface area contributed by atoms with Crippen LogP contribution in [0.1, 0.15) is 24.0 Å². The second-order valence-corrected chi connectivity index (χ2v) is 7.23. The van der Waals surface area contributed by atoms with Gasteiger partial charge < -0.3 is 9.47 Å². The number of nitrogens with zero attached hydrogens (tertiary/aromatic N) is 1. The number of methoxy groups -OCH3 is 1. The van der Waals surface area contributed by atoms with Crippen LogP contribution in [-0.2, 0) is 16.2 Å². The van der Waals surface area contributed by atoms with Gasteiger partial charge in [-0.2, -0.15) is 5.10 Å². The van der Waals surface area contributed by atoms with E-state index in [2.05, 4.69) is 26.7 Å². The fraction of sp³-hybridized carbons (Fsp3) is 0.238. The third-order valence-electron chi connectivity index (χ3n) is 4.47. The molecule has 2 aromatic rings. The molecule has 168 valence electrons. The molecule has 1 saturated heterocycles. The van der Waals surface area contributed by atoms with E-state index in [-0.39, 0.29) is 18.7 Å². The summed E-state index contributed by atoms with van der Waals surface area (Å²) in [5.41, 5.74) is 8.87. The number of hydrazone groups is 1. The summed E-state index contributed by atoms with van der Waals surface area (Å²) in [5, 5.41) is 6.69. The van der Waals surface area contributed by atoms with Crippen LogP contribution in [0.5, 0.6) is 11.5 Å². The van der Waals surface area contributed by atoms with Gasteiger partial charge in [-0.05, 0) is 47.9 Å². The molecule has 10 nitrogen and oxygen atoms in total. The molecule has 0 aliphatic carbocycles. The van der Waals surface area contributed by atoms with Crippen LogP contribution in [0.2, 0.25) is 5.02 Å². The predicted octanol–water partition coefficient (Wildman–Crippen LogP) is 1.87. The van der Waals surface area contributed by atoms with Crippen molar-refractivity contribution in [2.75, 3.05) is 7.11 Å². The molecular formula is C21H22ClN5O5. The molecule has 1 aliphatic rings. The molecule has 32 heavy (non-hydrogen) atoms. The number of hydrogen-bond donors (Lipinski definition) is 4. The molecule has 1 aliphatic heterocycles. The van der Waals surface area contributed by atoms with Crippen LogP contribution in [-0.4, -0.2) is 37.2 Å². The number of urea groups is 1. The molecule has 11 heteroatoms. The summed E-state index contributed by atoms with van der Waals surface area (Å²) < 4.78 is 11.2. The van der Waals surface area contributed by atoms with Gasteiger partial charge in [-0.15, -0.1) is 0 Å². The minimum absolute atomic E-state index is 0.0408. The molecule has 1 atom stereocenters. The van der Waals surface area contributed by atoms with Crippen LogP contribution in [0, 0.1) is 0 Å². The van der Waals surface area contributed by atoms with Gasteiger partial charge in [0.25, 0.3) is 0 Å². The average molecular weight is 460 g/mol. The standard InChI is InChI=1S/C21H22ClN5O5/c1-31-18-10-14(4-8-17(18)32-12-13-2-5-15(22)6-3-13)11-23-26-19(28)9-7-16-20(29)24-21(30)27-25-16/h2-6,8,10-11,16,25H,7,9,12H2,1H3,(H,26,28)(H2,24,27,29,30)/b23-11+. The number of carbonyl (C=O) groups excluding carboxylic acids is 3. The number of hydrogen-bond acceptors (Lipinski definition) is 7. The smallest absolute Gasteiger partial charge is 0.335 e. The number of carbonyl (C=O) groups is 3. The molecule has 4 N–H and O–H groups in total. The largest absolute Gasteiger partial charge is 0.493 e. The zero-order valence-electron chi connectivity index (χ0n) is 17.2. The molecule has 0 bridgehead atoms. The minimum atomic E-state index is -0.688. The molecule has 4 amide bonds. The zero-order chi connectivity index (χ0) is 22.9. The minimum Gasteiger partial charge on any atom is -0.493 e. The van der Waals surface area contributed by atoms with E-state index in [0.717, 1.165) is 5.56 Å². The van der Waals surface area contributed by atoms with Crippen LogP contribution < -0.4 is 31.1 Å². The number of rotatable bonds is 9. The van der Waals surface area contributed by atoms with Crippen LogP contribution in [0.3, 0.4) is 0 Å². The molecule has 1 heterocycles. The monoisotopic (exact) mass is 459 g/mol. The lowest BCUT2D eigenvalue weighted by Crippen LogP contribution is -2.62. The fourth-order valence-electron chi connectivity index (χ4n) is 2.79. The fourth-order valence-corrected chi connectivity index (χ4v) is 2.91. The van der Waals surface area contributed by atoms with E-state index in [9.17, 15) is 14.4 Å². The Morgan fingerprint density at radius 1 is 1.19 bits per heavy atom. The highest BCUT2D eigenvalue weighted by atomic mass is 35.5. The molecule has 1 fully saturated rings. The predicted molar refractivity (Wildman–Crippen MR) is 117 cm³/mol. The number of ether oxygens (including phenoxy) is 2. The van der Waals surface area contributed by atoms with E-state index >= 15 is 0 Å². The molecule has 2 aromatic carbocycles. The first-order valence-corrected chi connectivity index (χ1v) is 10.1. The van der Waals surface area contributed by atoms with E-state index in [1.807, 2.05) is 12.1 Å². The molecule has 3 rings (SSSR count). The van der Waals surface area contributed by atoms with Crippen molar-refractivity contribution >= 4 is 35.7 Å². The van der Waals surface area contributed by atoms with Gasteiger partial charge in [0.1, 0.15) is 12.6 Å². The topological polar surface area (TPSA) is 130 Å². The van der Waals surface area contributed by atoms with Gasteiger partial charge in [0.05, 0.1) is 13.3 Å². The van der Waals surface area contributed by atoms with Crippen molar-refractivity contribution < 1.29 is 23.9 Å². The highest BCUT2D eigenvalue weighted by molar-refractivity contribution is 6.30. The van der Waals surface area contributed by atoms with Gasteiger partial charge in [0.15, 0.2) is 11.5 Å². The number of benzene rings is 2. The van der Waals surface area contributed by atoms with Gasteiger partial charge in [-0.3, -0.25) is 20.3 Å². The Bertz CT molecular complexity index is 1010. The van der Waals surface area contributed by atoms with Crippen LogP contribution in [0.4, 0.5) is 4.79 Å². The second kappa shape index (κ2) is 11.1. The Kier molecular flexibility index (Phi) is 8.01. The normalized spacial score (nSPS) is 15.8. The third-order valence-corrected chi connectivity index (χ3v) is 4.72. The van der Waals surface area contributed by atoms with Crippen molar-refractivity contribution in [1.82, 2.24) is 21.6 Å². The number of amides is 4. The van der Waals surface area contributed by atoms with Crippen LogP contribution >= 0.6 is 11.6 Å². The maximum absolute atomic E-state index is 11.9. The van der Waals surface area contributed by atoms with Crippen molar-refractivity contribution in [3.8, 4) is 11.5 Å². The summed E-state index contributed by atoms with van der Waals surface area (Å²) in [6, 6.07) is 11.3. The summed E-state index contributed by atoms with van der Waals surface area (Å²) in [6.45, 7) is 0.356. The third kappa shape index (κ3) is 6.69. The van der Waals surface area contributed by atoms with Gasteiger partial charge in [0, 0.05) is 11.4 Å². The lowest BCUT2D eigenvalue weighted by Gasteiger charge is -2.22. The Balaban J connectivity index is 1.48. The van der Waals surface area contributed by atoms with E-state index in [0.29, 0.717) is 28.7 Å². The first-order chi connectivity index (χ1) is 15.4. The number of hydrazine groups is 1. The first-order valence-electron chi connectivity index (χ1n) is 9.68. The molecule has 0 spiro atoms. The second-order valence-electron chi connectivity index (χ2n) is 6.80. The highest BCUT2D eigenvalue weighted by Gasteiger charge is 2.25. The number of halogens is 1. The van der Waals surface area contributed by atoms with Gasteiger partial charge >= 0.3 is 6.03 Å². The Morgan fingerprint density at radius 3 is 2.69 bits per heavy atom. The summed E-state index contributed by atoms with van der Waals surface area (Å²) >= 11 is 5.89. The molecule has 0 saturated carbocycles. The quantitative estimate of drug-likeness (QED) is 0.334. The van der Waals surface area contributed by atoms with Crippen LogP contribution in [0.25, 0.3) is 0 Å². The van der Waals surface area contributed by atoms with Gasteiger partial charge in [0.2, 0.25) is 11.8 Å². The van der Waals surface area contributed by atoms with E-state index in [1.54, 1.807) is 30.3 Å². The Labute approximate surface area is 189 Å². The lowest BCUT2D eigenvalue weighted by atomic mass is 10.1. The lowest BCUT2D eigenvalue weighted by molar-refractivity contribution is -0.124. The van der Waals surface area contributed by atoms with Crippen molar-refractivity contribution in [2.24, 2.45) is 5.10 Å². The number of imide groups is 1. The maximum atomic E-state index is 11.9. The molecule has 1 unspecified atom stereocenters. The van der Waals surface area contributed by atoms with E-state index < -0.39 is 18.0 Å². The van der Waals surface area contributed by atoms with Crippen molar-refractivity contribution in [3.63, 3.8) is 0 Å². The van der Waals surface area contributed by atoms with Crippen LogP contribution in [0.15, 0.2) is 47.6 Å². The summed E-state index contributed by atoms with van der Waals surface area (Å²) in [4.78, 5) is 34.5. The van der Waals surface area contributed by atoms with Crippen molar-refractivity contribution in [3.05, 3.63) is 58.6 Å². The van der Waals surface area contributed by atoms with Crippen molar-refractivity contribution in [2.45, 2.75) is 25.5 Å². The Morgan fingerprint density at radius 2 is 1.97 bits per heavy atom. The number of nitrogens with one attached hydrogen (secondary N) is 4. The molecule has 0 radical (unpaired) electrons. The zero-order valence-corrected chi connectivity index (χ0v) is 17.9.